The number of nitrogens with two attached hydrogens (primary N) is 1. The van der Waals surface area contributed by atoms with Gasteiger partial charge in [-0.05, 0) is 6.07 Å². The van der Waals surface area contributed by atoms with E-state index in [0.29, 0.717) is 17.9 Å². The molecule has 84 valence electrons. The normalized spacial score (nSPS) is 10.3. The van der Waals surface area contributed by atoms with E-state index >= 15 is 0 Å². The van der Waals surface area contributed by atoms with Crippen LogP contribution in [-0.4, -0.2) is 15.7 Å². The van der Waals surface area contributed by atoms with Crippen LogP contribution in [0.25, 0.3) is 0 Å². The largest absolute Gasteiger partial charge is 0.472 e. The average molecular weight is 220 g/mol. The molecule has 0 aromatic carbocycles. The van der Waals surface area contributed by atoms with Gasteiger partial charge in [0.15, 0.2) is 0 Å². The van der Waals surface area contributed by atoms with Crippen LogP contribution in [0.3, 0.4) is 0 Å². The zero-order chi connectivity index (χ0) is 11.5. The van der Waals surface area contributed by atoms with Crippen LogP contribution >= 0.6 is 0 Å². The minimum absolute atomic E-state index is 0.197. The molecule has 0 aliphatic carbocycles. The van der Waals surface area contributed by atoms with Gasteiger partial charge < -0.3 is 15.5 Å². The van der Waals surface area contributed by atoms with Gasteiger partial charge in [0.1, 0.15) is 12.1 Å². The summed E-state index contributed by atoms with van der Waals surface area (Å²) < 4.78 is 6.37. The van der Waals surface area contributed by atoms with E-state index in [1.165, 1.54) is 12.5 Å². The Kier molecular flexibility index (Phi) is 2.63. The van der Waals surface area contributed by atoms with Gasteiger partial charge in [-0.25, -0.2) is 0 Å². The molecule has 0 unspecified atom stereocenters. The summed E-state index contributed by atoms with van der Waals surface area (Å²) in [4.78, 5) is 11.6. The van der Waals surface area contributed by atoms with Crippen molar-refractivity contribution in [3.8, 4) is 0 Å². The fraction of sp³-hybridized carbons (Fsp3) is 0.200. The molecule has 2 aromatic heterocycles. The average Bonchev–Trinajstić information content (AvgIpc) is 2.89. The Hall–Kier alpha value is -2.24. The highest BCUT2D eigenvalue weighted by Gasteiger charge is 2.09. The van der Waals surface area contributed by atoms with E-state index in [4.69, 9.17) is 10.2 Å². The molecule has 0 aliphatic heterocycles. The lowest BCUT2D eigenvalue weighted by Crippen LogP contribution is -2.22. The molecule has 2 aromatic rings. The first-order valence-electron chi connectivity index (χ1n) is 4.75. The number of anilines is 1. The lowest BCUT2D eigenvalue weighted by molar-refractivity contribution is 0.0950. The van der Waals surface area contributed by atoms with Crippen molar-refractivity contribution in [2.45, 2.75) is 6.54 Å². The topological polar surface area (TPSA) is 86.1 Å². The van der Waals surface area contributed by atoms with Gasteiger partial charge in [-0.2, -0.15) is 5.10 Å². The Labute approximate surface area is 92.0 Å². The fourth-order valence-electron chi connectivity index (χ4n) is 1.30. The molecule has 0 aliphatic rings. The first-order valence-corrected chi connectivity index (χ1v) is 4.75. The van der Waals surface area contributed by atoms with Gasteiger partial charge in [-0.15, -0.1) is 0 Å². The molecule has 0 atom stereocenters. The molecule has 0 saturated carbocycles. The number of aryl methyl sites for hydroxylation is 1. The van der Waals surface area contributed by atoms with E-state index in [1.807, 2.05) is 0 Å². The van der Waals surface area contributed by atoms with Crippen molar-refractivity contribution in [2.24, 2.45) is 7.05 Å². The van der Waals surface area contributed by atoms with Crippen LogP contribution in [-0.2, 0) is 13.6 Å². The first kappa shape index (κ1) is 10.3. The monoisotopic (exact) mass is 220 g/mol. The van der Waals surface area contributed by atoms with Crippen molar-refractivity contribution in [1.29, 1.82) is 0 Å². The predicted octanol–water partition coefficient (Wildman–Crippen LogP) is 0.525. The zero-order valence-electron chi connectivity index (χ0n) is 8.80. The number of aromatic nitrogens is 2. The van der Waals surface area contributed by atoms with Gasteiger partial charge >= 0.3 is 0 Å². The van der Waals surface area contributed by atoms with Crippen LogP contribution in [0, 0.1) is 0 Å². The highest BCUT2D eigenvalue weighted by Crippen LogP contribution is 2.09. The molecule has 6 nitrogen and oxygen atoms in total. The van der Waals surface area contributed by atoms with Crippen LogP contribution < -0.4 is 11.1 Å². The number of nitrogens with one attached hydrogen (secondary N) is 1. The summed E-state index contributed by atoms with van der Waals surface area (Å²) in [7, 11) is 1.75. The van der Waals surface area contributed by atoms with Gasteiger partial charge in [-0.1, -0.05) is 0 Å². The zero-order valence-corrected chi connectivity index (χ0v) is 8.80. The number of furan rings is 1. The number of carbonyl (C=O) groups is 1. The van der Waals surface area contributed by atoms with Gasteiger partial charge in [-0.3, -0.25) is 9.48 Å². The van der Waals surface area contributed by atoms with E-state index in [2.05, 4.69) is 10.4 Å². The second-order valence-corrected chi connectivity index (χ2v) is 3.37. The van der Waals surface area contributed by atoms with Crippen molar-refractivity contribution in [2.75, 3.05) is 5.73 Å². The summed E-state index contributed by atoms with van der Waals surface area (Å²) in [6.45, 7) is 0.351. The highest BCUT2D eigenvalue weighted by molar-refractivity contribution is 5.93. The summed E-state index contributed by atoms with van der Waals surface area (Å²) >= 11 is 0. The van der Waals surface area contributed by atoms with Crippen LogP contribution in [0.15, 0.2) is 29.2 Å². The maximum absolute atomic E-state index is 11.6. The van der Waals surface area contributed by atoms with E-state index in [1.54, 1.807) is 24.0 Å². The van der Waals surface area contributed by atoms with E-state index in [0.717, 1.165) is 5.56 Å². The van der Waals surface area contributed by atoms with Crippen LogP contribution in [0.1, 0.15) is 15.9 Å². The van der Waals surface area contributed by atoms with Crippen molar-refractivity contribution in [3.05, 3.63) is 35.9 Å². The Morgan fingerprint density at radius 1 is 1.69 bits per heavy atom. The molecule has 1 amide bonds. The third kappa shape index (κ3) is 1.90. The van der Waals surface area contributed by atoms with Crippen molar-refractivity contribution in [3.63, 3.8) is 0 Å². The lowest BCUT2D eigenvalue weighted by atomic mass is 10.3. The summed E-state index contributed by atoms with van der Waals surface area (Å²) in [6.07, 6.45) is 4.47. The summed E-state index contributed by atoms with van der Waals surface area (Å²) in [5.74, 6) is 0.351. The number of carbonyl (C=O) groups excluding carboxylic acids is 1. The van der Waals surface area contributed by atoms with Gasteiger partial charge in [0.2, 0.25) is 0 Å². The van der Waals surface area contributed by atoms with Crippen LogP contribution in [0.2, 0.25) is 0 Å². The number of rotatable bonds is 3. The molecular formula is C10H12N4O2. The SMILES string of the molecule is Cn1ncc(CNC(=O)c2ccoc2)c1N. The second-order valence-electron chi connectivity index (χ2n) is 3.37. The molecule has 0 saturated heterocycles. The van der Waals surface area contributed by atoms with Crippen molar-refractivity contribution in [1.82, 2.24) is 15.1 Å². The van der Waals surface area contributed by atoms with Gasteiger partial charge in [0, 0.05) is 19.2 Å². The molecule has 6 heteroatoms. The van der Waals surface area contributed by atoms with E-state index < -0.39 is 0 Å². The summed E-state index contributed by atoms with van der Waals surface area (Å²) in [6, 6.07) is 1.60. The summed E-state index contributed by atoms with van der Waals surface area (Å²) in [5.41, 5.74) is 7.02. The minimum Gasteiger partial charge on any atom is -0.472 e. The molecular weight excluding hydrogens is 208 g/mol. The Morgan fingerprint density at radius 3 is 3.06 bits per heavy atom. The maximum atomic E-state index is 11.6. The molecule has 16 heavy (non-hydrogen) atoms. The highest BCUT2D eigenvalue weighted by atomic mass is 16.3. The van der Waals surface area contributed by atoms with Crippen LogP contribution in [0.4, 0.5) is 5.82 Å². The standard InChI is InChI=1S/C10H12N4O2/c1-14-9(11)8(5-13-14)4-12-10(15)7-2-3-16-6-7/h2-3,5-6H,4,11H2,1H3,(H,12,15). The molecule has 0 bridgehead atoms. The molecule has 2 rings (SSSR count). The number of amides is 1. The van der Waals surface area contributed by atoms with Crippen LogP contribution in [0.5, 0.6) is 0 Å². The third-order valence-electron chi connectivity index (χ3n) is 2.29. The fourth-order valence-corrected chi connectivity index (χ4v) is 1.30. The number of hydrogen-bond acceptors (Lipinski definition) is 4. The second kappa shape index (κ2) is 4.09. The quantitative estimate of drug-likeness (QED) is 0.789. The molecule has 0 radical (unpaired) electrons. The first-order chi connectivity index (χ1) is 7.68. The van der Waals surface area contributed by atoms with Gasteiger partial charge in [0.05, 0.1) is 18.0 Å². The van der Waals surface area contributed by atoms with Crippen molar-refractivity contribution >= 4 is 11.7 Å². The number of nitrogens with zero attached hydrogens (tertiary/aromatic N) is 2. The summed E-state index contributed by atoms with van der Waals surface area (Å²) in [5, 5.41) is 6.70. The van der Waals surface area contributed by atoms with Gasteiger partial charge in [0.25, 0.3) is 5.91 Å². The lowest BCUT2D eigenvalue weighted by Gasteiger charge is -2.02. The molecule has 3 N–H and O–H groups in total. The van der Waals surface area contributed by atoms with Crippen molar-refractivity contribution < 1.29 is 9.21 Å². The molecule has 2 heterocycles. The number of nitrogen functional groups attached to an aromatic ring is 1. The molecule has 0 fully saturated rings. The Balaban J connectivity index is 1.98. The minimum atomic E-state index is -0.197. The maximum Gasteiger partial charge on any atom is 0.254 e. The Morgan fingerprint density at radius 2 is 2.50 bits per heavy atom. The smallest absolute Gasteiger partial charge is 0.254 e. The Bertz CT molecular complexity index is 487. The predicted molar refractivity (Wildman–Crippen MR) is 57.5 cm³/mol. The van der Waals surface area contributed by atoms with E-state index in [9.17, 15) is 4.79 Å². The van der Waals surface area contributed by atoms with E-state index in [-0.39, 0.29) is 5.91 Å². The number of hydrogen-bond donors (Lipinski definition) is 2. The molecule has 0 spiro atoms. The third-order valence-corrected chi connectivity index (χ3v) is 2.29.